The van der Waals surface area contributed by atoms with Crippen LogP contribution in [0.25, 0.3) is 0 Å². The van der Waals surface area contributed by atoms with Crippen molar-refractivity contribution < 1.29 is 61.6 Å². The minimum atomic E-state index is -4.82. The molecule has 0 saturated carbocycles. The summed E-state index contributed by atoms with van der Waals surface area (Å²) in [6.45, 7) is 4.90. The molecule has 0 fully saturated rings. The predicted octanol–water partition coefficient (Wildman–Crippen LogP) is 13.9. The summed E-state index contributed by atoms with van der Waals surface area (Å²) in [4.78, 5) is 25.4. The number of carbonyl (C=O) groups excluding carboxylic acids is 2. The van der Waals surface area contributed by atoms with Gasteiger partial charge in [0.2, 0.25) is 0 Å². The summed E-state index contributed by atoms with van der Waals surface area (Å²) in [6.07, 6.45) is 56.5. The maximum absolute atomic E-state index is 13.0. The molecule has 9 heteroatoms. The van der Waals surface area contributed by atoms with Gasteiger partial charge in [0, 0.05) is 0 Å². The topological polar surface area (TPSA) is 110 Å². The maximum Gasteiger partial charge on any atom is 1.00 e. The van der Waals surface area contributed by atoms with Crippen molar-refractivity contribution in [1.29, 1.82) is 0 Å². The molecule has 358 valence electrons. The molecule has 0 aromatic heterocycles. The van der Waals surface area contributed by atoms with E-state index in [1.807, 2.05) is 0 Å². The summed E-state index contributed by atoms with van der Waals surface area (Å²) in [5, 5.41) is 0. The van der Waals surface area contributed by atoms with E-state index in [-0.39, 0.29) is 53.9 Å². The SMILES string of the molecule is CCCCCCCCC/C=C/CCCCCCCCCCCCOC(=O)c1ccc(S(=O)(=O)[O-])cc1C(=O)OCCCCCCCCCCCC/C=C/CCCCCCCCC.[Na+]. The van der Waals surface area contributed by atoms with Crippen LogP contribution < -0.4 is 29.6 Å². The number of carbonyl (C=O) groups is 2. The second-order valence-corrected chi connectivity index (χ2v) is 19.2. The van der Waals surface area contributed by atoms with E-state index >= 15 is 0 Å². The fourth-order valence-electron chi connectivity index (χ4n) is 7.98. The Hall–Kier alpha value is -1.45. The van der Waals surface area contributed by atoms with Crippen molar-refractivity contribution >= 4 is 22.1 Å². The fraction of sp³-hybridized carbons (Fsp3) is 0.778. The normalized spacial score (nSPS) is 11.7. The molecule has 0 atom stereocenters. The molecule has 0 radical (unpaired) electrons. The van der Waals surface area contributed by atoms with Crippen molar-refractivity contribution in [2.24, 2.45) is 0 Å². The van der Waals surface area contributed by atoms with E-state index < -0.39 is 27.0 Å². The van der Waals surface area contributed by atoms with Gasteiger partial charge in [-0.25, -0.2) is 18.0 Å². The Labute approximate surface area is 410 Å². The van der Waals surface area contributed by atoms with Crippen molar-refractivity contribution in [2.45, 2.75) is 263 Å². The smallest absolute Gasteiger partial charge is 0.744 e. The standard InChI is InChI=1S/C54H94O7S.Na/c1-3-5-7-9-11-13-15-17-19-21-23-25-27-29-31-33-35-37-39-41-43-47-60-53(55)51-46-45-50(62(57,58)59)49-52(51)54(56)61-48-44-42-40-38-36-34-32-30-28-26-24-22-20-18-16-14-12-10-8-6-4-2;/h19-22,45-46,49H,3-18,23-44,47-48H2,1-2H3,(H,57,58,59);/q;+1/p-1/b21-19+,22-20+;. The van der Waals surface area contributed by atoms with Crippen molar-refractivity contribution in [3.05, 3.63) is 53.6 Å². The minimum Gasteiger partial charge on any atom is -0.744 e. The zero-order valence-electron chi connectivity index (χ0n) is 41.1. The van der Waals surface area contributed by atoms with Crippen LogP contribution in [0.2, 0.25) is 0 Å². The monoisotopic (exact) mass is 909 g/mol. The van der Waals surface area contributed by atoms with Crippen LogP contribution in [0, 0.1) is 0 Å². The number of esters is 2. The Morgan fingerprint density at radius 1 is 0.429 bits per heavy atom. The van der Waals surface area contributed by atoms with Gasteiger partial charge in [0.15, 0.2) is 0 Å². The number of allylic oxidation sites excluding steroid dienone is 4. The van der Waals surface area contributed by atoms with Gasteiger partial charge in [0.05, 0.1) is 29.2 Å². The summed E-state index contributed by atoms with van der Waals surface area (Å²) < 4.78 is 46.0. The summed E-state index contributed by atoms with van der Waals surface area (Å²) in [5.41, 5.74) is -0.334. The van der Waals surface area contributed by atoms with Crippen LogP contribution in [0.4, 0.5) is 0 Å². The Morgan fingerprint density at radius 2 is 0.698 bits per heavy atom. The molecule has 0 heterocycles. The van der Waals surface area contributed by atoms with Crippen LogP contribution in [-0.4, -0.2) is 38.1 Å². The first-order chi connectivity index (χ1) is 30.3. The van der Waals surface area contributed by atoms with Gasteiger partial charge in [-0.1, -0.05) is 218 Å². The Morgan fingerprint density at radius 3 is 1.00 bits per heavy atom. The predicted molar refractivity (Wildman–Crippen MR) is 260 cm³/mol. The Balaban J connectivity index is 0.0000384. The van der Waals surface area contributed by atoms with E-state index in [0.717, 1.165) is 50.7 Å². The first-order valence-corrected chi connectivity index (χ1v) is 27.5. The van der Waals surface area contributed by atoms with Gasteiger partial charge in [0.25, 0.3) is 0 Å². The van der Waals surface area contributed by atoms with E-state index in [0.29, 0.717) is 12.8 Å². The minimum absolute atomic E-state index is 0. The Kier molecular flexibility index (Phi) is 44.6. The third-order valence-electron chi connectivity index (χ3n) is 12.0. The number of benzene rings is 1. The number of hydrogen-bond donors (Lipinski definition) is 0. The third kappa shape index (κ3) is 38.4. The molecule has 0 amide bonds. The zero-order chi connectivity index (χ0) is 45.0. The zero-order valence-corrected chi connectivity index (χ0v) is 43.9. The Bertz CT molecular complexity index is 1380. The van der Waals surface area contributed by atoms with Gasteiger partial charge in [-0.3, -0.25) is 0 Å². The van der Waals surface area contributed by atoms with Crippen molar-refractivity contribution in [3.8, 4) is 0 Å². The van der Waals surface area contributed by atoms with Gasteiger partial charge >= 0.3 is 41.5 Å². The van der Waals surface area contributed by atoms with Gasteiger partial charge < -0.3 is 14.0 Å². The number of unbranched alkanes of at least 4 members (excludes halogenated alkanes) is 34. The quantitative estimate of drug-likeness (QED) is 0.0211. The van der Waals surface area contributed by atoms with Crippen molar-refractivity contribution in [2.75, 3.05) is 13.2 Å². The molecule has 0 aliphatic heterocycles. The molecule has 1 rings (SSSR count). The molecule has 1 aromatic rings. The van der Waals surface area contributed by atoms with Crippen LogP contribution in [0.1, 0.15) is 279 Å². The molecule has 0 bridgehead atoms. The average molecular weight is 909 g/mol. The fourth-order valence-corrected chi connectivity index (χ4v) is 8.47. The molecule has 0 spiro atoms. The second kappa shape index (κ2) is 45.7. The van der Waals surface area contributed by atoms with Crippen molar-refractivity contribution in [3.63, 3.8) is 0 Å². The first kappa shape index (κ1) is 61.5. The van der Waals surface area contributed by atoms with Crippen molar-refractivity contribution in [1.82, 2.24) is 0 Å². The van der Waals surface area contributed by atoms with Crippen LogP contribution in [0.3, 0.4) is 0 Å². The van der Waals surface area contributed by atoms with Gasteiger partial charge in [0.1, 0.15) is 10.1 Å². The second-order valence-electron chi connectivity index (χ2n) is 17.8. The number of rotatable bonds is 45. The number of hydrogen-bond acceptors (Lipinski definition) is 7. The molecule has 1 aromatic carbocycles. The summed E-state index contributed by atoms with van der Waals surface area (Å²) >= 11 is 0. The maximum atomic E-state index is 13.0. The summed E-state index contributed by atoms with van der Waals surface area (Å²) in [5.74, 6) is -1.54. The molecular weight excluding hydrogens is 816 g/mol. The van der Waals surface area contributed by atoms with Gasteiger partial charge in [-0.05, 0) is 82.4 Å². The molecule has 63 heavy (non-hydrogen) atoms. The summed E-state index contributed by atoms with van der Waals surface area (Å²) in [6, 6.07) is 3.15. The van der Waals surface area contributed by atoms with E-state index in [1.165, 1.54) is 199 Å². The molecule has 0 unspecified atom stereocenters. The molecule has 7 nitrogen and oxygen atoms in total. The number of ether oxygens (including phenoxy) is 2. The third-order valence-corrected chi connectivity index (χ3v) is 12.8. The van der Waals surface area contributed by atoms with Crippen LogP contribution >= 0.6 is 0 Å². The molecule has 0 N–H and O–H groups in total. The van der Waals surface area contributed by atoms with Gasteiger partial charge in [-0.2, -0.15) is 0 Å². The largest absolute Gasteiger partial charge is 1.00 e. The molecule has 0 aliphatic rings. The van der Waals surface area contributed by atoms with Crippen LogP contribution in [0.15, 0.2) is 47.4 Å². The van der Waals surface area contributed by atoms with Crippen LogP contribution in [-0.2, 0) is 19.6 Å². The first-order valence-electron chi connectivity index (χ1n) is 26.0. The summed E-state index contributed by atoms with van der Waals surface area (Å²) in [7, 11) is -4.82. The van der Waals surface area contributed by atoms with E-state index in [9.17, 15) is 22.6 Å². The molecular formula is C54H93NaO7S. The van der Waals surface area contributed by atoms with E-state index in [2.05, 4.69) is 38.2 Å². The van der Waals surface area contributed by atoms with E-state index in [1.54, 1.807) is 0 Å². The molecule has 0 aliphatic carbocycles. The molecule has 0 saturated heterocycles. The van der Waals surface area contributed by atoms with Crippen LogP contribution in [0.5, 0.6) is 0 Å². The van der Waals surface area contributed by atoms with Gasteiger partial charge in [-0.15, -0.1) is 0 Å². The average Bonchev–Trinajstić information content (AvgIpc) is 3.26. The van der Waals surface area contributed by atoms with E-state index in [4.69, 9.17) is 9.47 Å².